The van der Waals surface area contributed by atoms with Gasteiger partial charge >= 0.3 is 0 Å². The maximum absolute atomic E-state index is 5.61. The molecule has 0 fully saturated rings. The number of nitrogens with zero attached hydrogens (tertiary/aromatic N) is 1. The van der Waals surface area contributed by atoms with E-state index < -0.39 is 0 Å². The van der Waals surface area contributed by atoms with E-state index in [1.807, 2.05) is 43.5 Å². The van der Waals surface area contributed by atoms with Crippen LogP contribution in [0.25, 0.3) is 11.8 Å². The Balaban J connectivity index is 1.82. The Morgan fingerprint density at radius 3 is 2.91 bits per heavy atom. The molecule has 1 aromatic heterocycles. The van der Waals surface area contributed by atoms with E-state index in [9.17, 15) is 0 Å². The summed E-state index contributed by atoms with van der Waals surface area (Å²) in [6.45, 7) is 6.99. The number of aromatic nitrogens is 1. The molecule has 1 aliphatic heterocycles. The highest BCUT2D eigenvalue weighted by Gasteiger charge is 2.11. The largest absolute Gasteiger partial charge is 0.486 e. The molecule has 1 aromatic carbocycles. The average molecular weight is 326 g/mol. The summed E-state index contributed by atoms with van der Waals surface area (Å²) in [4.78, 5) is 5.22. The fourth-order valence-corrected chi connectivity index (χ4v) is 2.97. The molecular weight excluding hydrogens is 308 g/mol. The van der Waals surface area contributed by atoms with Crippen molar-refractivity contribution in [1.82, 2.24) is 9.71 Å². The summed E-state index contributed by atoms with van der Waals surface area (Å²) in [6, 6.07) is 7.93. The van der Waals surface area contributed by atoms with Crippen LogP contribution in [-0.4, -0.2) is 18.2 Å². The first-order chi connectivity index (χ1) is 11.3. The molecule has 2 heterocycles. The second-order valence-corrected chi connectivity index (χ2v) is 5.88. The Bertz CT molecular complexity index is 833. The number of fused-ring (bicyclic) bond motifs is 1. The lowest BCUT2D eigenvalue weighted by Crippen LogP contribution is -2.29. The third kappa shape index (κ3) is 3.68. The second kappa shape index (κ2) is 7.24. The average Bonchev–Trinajstić information content (AvgIpc) is 2.60. The van der Waals surface area contributed by atoms with E-state index in [2.05, 4.69) is 16.3 Å². The highest BCUT2D eigenvalue weighted by molar-refractivity contribution is 7.97. The number of pyridine rings is 1. The van der Waals surface area contributed by atoms with E-state index in [0.29, 0.717) is 13.2 Å². The molecule has 2 aromatic rings. The maximum Gasteiger partial charge on any atom is 0.162 e. The summed E-state index contributed by atoms with van der Waals surface area (Å²) in [5.41, 5.74) is 1.06. The quantitative estimate of drug-likeness (QED) is 0.873. The van der Waals surface area contributed by atoms with Gasteiger partial charge in [0.25, 0.3) is 0 Å². The molecule has 0 saturated heterocycles. The third-order valence-corrected chi connectivity index (χ3v) is 4.29. The van der Waals surface area contributed by atoms with Gasteiger partial charge in [0.15, 0.2) is 11.5 Å². The molecule has 0 radical (unpaired) electrons. The van der Waals surface area contributed by atoms with Gasteiger partial charge in [-0.2, -0.15) is 0 Å². The van der Waals surface area contributed by atoms with Crippen LogP contribution in [0.5, 0.6) is 11.5 Å². The van der Waals surface area contributed by atoms with Crippen molar-refractivity contribution < 1.29 is 9.47 Å². The topological polar surface area (TPSA) is 43.4 Å². The lowest BCUT2D eigenvalue weighted by molar-refractivity contribution is 0.171. The molecule has 1 aliphatic rings. The van der Waals surface area contributed by atoms with E-state index in [0.717, 1.165) is 32.5 Å². The monoisotopic (exact) mass is 326 g/mol. The number of ether oxygens (including phenoxy) is 2. The van der Waals surface area contributed by atoms with Crippen molar-refractivity contribution in [3.63, 3.8) is 0 Å². The first kappa shape index (κ1) is 15.5. The van der Waals surface area contributed by atoms with E-state index in [-0.39, 0.29) is 0 Å². The van der Waals surface area contributed by atoms with Crippen LogP contribution in [-0.2, 0) is 0 Å². The van der Waals surface area contributed by atoms with Crippen LogP contribution < -0.4 is 24.6 Å². The standard InChI is InChI=1S/C18H18N2O2S/c1-3-4-14-12-19-8-7-16(14)13(2)20-23-15-5-6-17-18(11-15)22-10-9-21-17/h3-8,11-12,20H,1,9-10H2,2H3/b14-4-,16-13+. The zero-order valence-corrected chi connectivity index (χ0v) is 13.7. The fraction of sp³-hybridized carbons (Fsp3) is 0.167. The van der Waals surface area contributed by atoms with Gasteiger partial charge in [-0.1, -0.05) is 18.7 Å². The van der Waals surface area contributed by atoms with Gasteiger partial charge in [-0.15, -0.1) is 0 Å². The zero-order valence-electron chi connectivity index (χ0n) is 12.9. The molecule has 0 aliphatic carbocycles. The number of hydrogen-bond donors (Lipinski definition) is 1. The molecule has 0 bridgehead atoms. The van der Waals surface area contributed by atoms with Gasteiger partial charge in [-0.3, -0.25) is 4.98 Å². The predicted molar refractivity (Wildman–Crippen MR) is 93.7 cm³/mol. The molecule has 118 valence electrons. The fourth-order valence-electron chi connectivity index (χ4n) is 2.29. The van der Waals surface area contributed by atoms with Gasteiger partial charge < -0.3 is 14.2 Å². The van der Waals surface area contributed by atoms with Crippen molar-refractivity contribution in [2.75, 3.05) is 13.2 Å². The van der Waals surface area contributed by atoms with E-state index in [1.165, 1.54) is 0 Å². The van der Waals surface area contributed by atoms with Crippen molar-refractivity contribution in [3.8, 4) is 11.5 Å². The van der Waals surface area contributed by atoms with Gasteiger partial charge in [0.1, 0.15) is 13.2 Å². The number of allylic oxidation sites excluding steroid dienone is 1. The summed E-state index contributed by atoms with van der Waals surface area (Å²) >= 11 is 1.54. The van der Waals surface area contributed by atoms with E-state index >= 15 is 0 Å². The van der Waals surface area contributed by atoms with Crippen molar-refractivity contribution in [2.45, 2.75) is 11.8 Å². The minimum atomic E-state index is 0.595. The highest BCUT2D eigenvalue weighted by atomic mass is 32.2. The van der Waals surface area contributed by atoms with Crippen molar-refractivity contribution >= 4 is 23.7 Å². The van der Waals surface area contributed by atoms with Gasteiger partial charge in [0.05, 0.1) is 0 Å². The predicted octanol–water partition coefficient (Wildman–Crippen LogP) is 2.24. The molecule has 1 N–H and O–H groups in total. The van der Waals surface area contributed by atoms with Crippen LogP contribution in [0, 0.1) is 0 Å². The minimum absolute atomic E-state index is 0.595. The number of hydrogen-bond acceptors (Lipinski definition) is 5. The molecular formula is C18H18N2O2S. The van der Waals surface area contributed by atoms with Crippen LogP contribution in [0.15, 0.2) is 54.2 Å². The van der Waals surface area contributed by atoms with E-state index in [1.54, 1.807) is 24.2 Å². The Morgan fingerprint density at radius 2 is 2.09 bits per heavy atom. The maximum atomic E-state index is 5.61. The smallest absolute Gasteiger partial charge is 0.162 e. The van der Waals surface area contributed by atoms with Crippen molar-refractivity contribution in [2.24, 2.45) is 0 Å². The Morgan fingerprint density at radius 1 is 1.26 bits per heavy atom. The van der Waals surface area contributed by atoms with Gasteiger partial charge in [-0.05, 0) is 43.1 Å². The van der Waals surface area contributed by atoms with Crippen LogP contribution in [0.1, 0.15) is 6.92 Å². The van der Waals surface area contributed by atoms with Gasteiger partial charge in [-0.25, -0.2) is 0 Å². The lowest BCUT2D eigenvalue weighted by Gasteiger charge is -2.18. The van der Waals surface area contributed by atoms with E-state index in [4.69, 9.17) is 9.47 Å². The number of nitrogens with one attached hydrogen (secondary N) is 1. The molecule has 0 amide bonds. The second-order valence-electron chi connectivity index (χ2n) is 5.00. The highest BCUT2D eigenvalue weighted by Crippen LogP contribution is 2.33. The molecule has 3 rings (SSSR count). The normalized spacial score (nSPS) is 15.1. The Kier molecular flexibility index (Phi) is 4.88. The molecule has 5 heteroatoms. The number of benzene rings is 1. The van der Waals surface area contributed by atoms with Crippen LogP contribution in [0.4, 0.5) is 0 Å². The molecule has 4 nitrogen and oxygen atoms in total. The first-order valence-corrected chi connectivity index (χ1v) is 8.16. The van der Waals surface area contributed by atoms with Crippen LogP contribution >= 0.6 is 11.9 Å². The number of rotatable bonds is 4. The summed E-state index contributed by atoms with van der Waals surface area (Å²) < 4.78 is 14.5. The summed E-state index contributed by atoms with van der Waals surface area (Å²) in [5, 5.41) is 2.14. The van der Waals surface area contributed by atoms with Gasteiger partial charge in [0, 0.05) is 33.4 Å². The van der Waals surface area contributed by atoms with Gasteiger partial charge in [0.2, 0.25) is 0 Å². The third-order valence-electron chi connectivity index (χ3n) is 3.39. The summed E-state index contributed by atoms with van der Waals surface area (Å²) in [6.07, 6.45) is 7.33. The SMILES string of the molecule is C=C/C=c1/cncc/c1=C(/C)NSc1ccc2c(c1)OCCO2. The van der Waals surface area contributed by atoms with Crippen molar-refractivity contribution in [1.29, 1.82) is 0 Å². The Hall–Kier alpha value is -2.40. The lowest BCUT2D eigenvalue weighted by atomic mass is 10.2. The molecule has 0 saturated carbocycles. The zero-order chi connectivity index (χ0) is 16.1. The van der Waals surface area contributed by atoms with Crippen LogP contribution in [0.2, 0.25) is 0 Å². The summed E-state index contributed by atoms with van der Waals surface area (Å²) in [5.74, 6) is 1.60. The summed E-state index contributed by atoms with van der Waals surface area (Å²) in [7, 11) is 0. The van der Waals surface area contributed by atoms with Crippen LogP contribution in [0.3, 0.4) is 0 Å². The molecule has 0 atom stereocenters. The molecule has 23 heavy (non-hydrogen) atoms. The Labute approximate surface area is 139 Å². The molecule has 0 spiro atoms. The minimum Gasteiger partial charge on any atom is -0.486 e. The first-order valence-electron chi connectivity index (χ1n) is 7.34. The molecule has 0 unspecified atom stereocenters. The van der Waals surface area contributed by atoms with Crippen molar-refractivity contribution in [3.05, 3.63) is 59.8 Å².